The van der Waals surface area contributed by atoms with E-state index in [9.17, 15) is 4.79 Å². The van der Waals surface area contributed by atoms with E-state index in [1.54, 1.807) is 0 Å². The summed E-state index contributed by atoms with van der Waals surface area (Å²) in [7, 11) is 0. The Labute approximate surface area is 141 Å². The molecule has 0 saturated carbocycles. The van der Waals surface area contributed by atoms with Crippen LogP contribution in [0.25, 0.3) is 0 Å². The average Bonchev–Trinajstić information content (AvgIpc) is 2.97. The maximum absolute atomic E-state index is 12.5. The summed E-state index contributed by atoms with van der Waals surface area (Å²) in [4.78, 5) is 14.4. The Hall–Kier alpha value is -1.30. The number of aliphatic hydroxyl groups excluding tert-OH is 1. The van der Waals surface area contributed by atoms with Gasteiger partial charge in [-0.25, -0.2) is 4.79 Å². The van der Waals surface area contributed by atoms with Gasteiger partial charge in [0.25, 0.3) is 0 Å². The number of carbonyl (C=O) groups excluding carboxylic acids is 1. The highest BCUT2D eigenvalue weighted by Crippen LogP contribution is 2.35. The first-order valence-electron chi connectivity index (χ1n) is 8.24. The van der Waals surface area contributed by atoms with Crippen molar-refractivity contribution in [3.8, 4) is 0 Å². The highest BCUT2D eigenvalue weighted by molar-refractivity contribution is 6.31. The normalized spacial score (nSPS) is 23.7. The number of fused-ring (bicyclic) bond motifs is 1. The van der Waals surface area contributed by atoms with Crippen molar-refractivity contribution < 1.29 is 14.6 Å². The Kier molecular flexibility index (Phi) is 5.41. The molecular formula is C17H23ClN2O3. The number of urea groups is 1. The molecule has 23 heavy (non-hydrogen) atoms. The van der Waals surface area contributed by atoms with E-state index in [4.69, 9.17) is 21.4 Å². The van der Waals surface area contributed by atoms with E-state index in [1.165, 1.54) is 0 Å². The predicted octanol–water partition coefficient (Wildman–Crippen LogP) is 2.51. The van der Waals surface area contributed by atoms with Crippen LogP contribution in [0.4, 0.5) is 4.79 Å². The Morgan fingerprint density at radius 3 is 3.13 bits per heavy atom. The third-order valence-electron chi connectivity index (χ3n) is 4.62. The number of rotatable bonds is 4. The van der Waals surface area contributed by atoms with E-state index in [1.807, 2.05) is 23.1 Å². The number of likely N-dealkylation sites (tertiary alicyclic amines) is 1. The summed E-state index contributed by atoms with van der Waals surface area (Å²) in [6, 6.07) is 5.88. The lowest BCUT2D eigenvalue weighted by Gasteiger charge is -2.33. The van der Waals surface area contributed by atoms with E-state index in [0.29, 0.717) is 13.2 Å². The van der Waals surface area contributed by atoms with Crippen LogP contribution in [0, 0.1) is 0 Å². The summed E-state index contributed by atoms with van der Waals surface area (Å²) in [5, 5.41) is 12.8. The first-order valence-corrected chi connectivity index (χ1v) is 8.62. The Bertz CT molecular complexity index is 567. The molecule has 1 saturated heterocycles. The van der Waals surface area contributed by atoms with Gasteiger partial charge in [0.15, 0.2) is 0 Å². The number of piperidine rings is 1. The van der Waals surface area contributed by atoms with Gasteiger partial charge in [0.1, 0.15) is 0 Å². The lowest BCUT2D eigenvalue weighted by atomic mass is 10.1. The predicted molar refractivity (Wildman–Crippen MR) is 88.7 cm³/mol. The van der Waals surface area contributed by atoms with Crippen LogP contribution in [0.15, 0.2) is 18.2 Å². The molecule has 1 aromatic carbocycles. The van der Waals surface area contributed by atoms with Crippen LogP contribution < -0.4 is 5.32 Å². The molecule has 0 bridgehead atoms. The number of halogens is 1. The van der Waals surface area contributed by atoms with Crippen molar-refractivity contribution in [3.63, 3.8) is 0 Å². The zero-order valence-corrected chi connectivity index (χ0v) is 13.9. The van der Waals surface area contributed by atoms with Gasteiger partial charge >= 0.3 is 6.03 Å². The fourth-order valence-electron chi connectivity index (χ4n) is 3.48. The fourth-order valence-corrected chi connectivity index (χ4v) is 3.75. The minimum atomic E-state index is -0.0416. The second-order valence-electron chi connectivity index (χ2n) is 6.15. The van der Waals surface area contributed by atoms with Crippen molar-refractivity contribution in [2.45, 2.75) is 37.8 Å². The molecule has 2 atom stereocenters. The van der Waals surface area contributed by atoms with Gasteiger partial charge in [0, 0.05) is 18.1 Å². The van der Waals surface area contributed by atoms with Crippen molar-refractivity contribution in [2.24, 2.45) is 0 Å². The van der Waals surface area contributed by atoms with Crippen molar-refractivity contribution in [3.05, 3.63) is 34.3 Å². The van der Waals surface area contributed by atoms with Gasteiger partial charge < -0.3 is 20.1 Å². The van der Waals surface area contributed by atoms with Gasteiger partial charge in [-0.05, 0) is 42.9 Å². The molecule has 2 aliphatic rings. The molecule has 5 nitrogen and oxygen atoms in total. The van der Waals surface area contributed by atoms with Crippen molar-refractivity contribution >= 4 is 17.6 Å². The van der Waals surface area contributed by atoms with Gasteiger partial charge in [0.2, 0.25) is 0 Å². The lowest BCUT2D eigenvalue weighted by molar-refractivity contribution is -0.00600. The number of nitrogens with zero attached hydrogens (tertiary/aromatic N) is 1. The smallest absolute Gasteiger partial charge is 0.317 e. The van der Waals surface area contributed by atoms with E-state index >= 15 is 0 Å². The monoisotopic (exact) mass is 338 g/mol. The van der Waals surface area contributed by atoms with Crippen molar-refractivity contribution in [2.75, 3.05) is 26.3 Å². The highest BCUT2D eigenvalue weighted by Gasteiger charge is 2.29. The molecule has 0 radical (unpaired) electrons. The van der Waals surface area contributed by atoms with Crippen molar-refractivity contribution in [1.82, 2.24) is 10.2 Å². The number of aliphatic hydroxyl groups is 1. The van der Waals surface area contributed by atoms with Gasteiger partial charge in [-0.3, -0.25) is 0 Å². The molecule has 1 aliphatic heterocycles. The first-order chi connectivity index (χ1) is 11.2. The molecule has 126 valence electrons. The lowest BCUT2D eigenvalue weighted by Crippen LogP contribution is -2.48. The highest BCUT2D eigenvalue weighted by atomic mass is 35.5. The molecule has 0 spiro atoms. The number of carbonyl (C=O) groups is 1. The number of hydrogen-bond donors (Lipinski definition) is 2. The molecule has 0 aromatic heterocycles. The number of nitrogens with one attached hydrogen (secondary N) is 1. The minimum Gasteiger partial charge on any atom is -0.394 e. The molecule has 6 heteroatoms. The van der Waals surface area contributed by atoms with Crippen LogP contribution in [-0.4, -0.2) is 48.4 Å². The fraction of sp³-hybridized carbons (Fsp3) is 0.588. The van der Waals surface area contributed by atoms with Crippen LogP contribution in [-0.2, 0) is 11.2 Å². The Morgan fingerprint density at radius 2 is 2.30 bits per heavy atom. The van der Waals surface area contributed by atoms with Gasteiger partial charge in [-0.2, -0.15) is 0 Å². The number of ether oxygens (including phenoxy) is 1. The van der Waals surface area contributed by atoms with Gasteiger partial charge in [-0.1, -0.05) is 23.7 Å². The molecule has 1 heterocycles. The first kappa shape index (κ1) is 16.6. The molecule has 0 unspecified atom stereocenters. The largest absolute Gasteiger partial charge is 0.394 e. The number of hydrogen-bond acceptors (Lipinski definition) is 3. The van der Waals surface area contributed by atoms with E-state index in [2.05, 4.69) is 5.32 Å². The molecule has 2 amide bonds. The second-order valence-corrected chi connectivity index (χ2v) is 6.56. The summed E-state index contributed by atoms with van der Waals surface area (Å²) < 4.78 is 5.57. The molecule has 3 rings (SSSR count). The minimum absolute atomic E-state index is 0.0162. The quantitative estimate of drug-likeness (QED) is 0.886. The standard InChI is InChI=1S/C17H23ClN2O3/c18-15-5-1-4-14-13(15)6-7-16(14)19-17(22)20-8-2-3-12(11-20)23-10-9-21/h1,4-5,12,16,21H,2-3,6-11H2,(H,19,22)/t12-,16+/m0/s1. The average molecular weight is 339 g/mol. The summed E-state index contributed by atoms with van der Waals surface area (Å²) in [6.07, 6.45) is 3.68. The van der Waals surface area contributed by atoms with E-state index < -0.39 is 0 Å². The number of amides is 2. The zero-order chi connectivity index (χ0) is 16.2. The third-order valence-corrected chi connectivity index (χ3v) is 4.98. The maximum Gasteiger partial charge on any atom is 0.317 e. The summed E-state index contributed by atoms with van der Waals surface area (Å²) >= 11 is 6.23. The zero-order valence-electron chi connectivity index (χ0n) is 13.1. The van der Waals surface area contributed by atoms with Crippen molar-refractivity contribution in [1.29, 1.82) is 0 Å². The summed E-state index contributed by atoms with van der Waals surface area (Å²) in [5.41, 5.74) is 2.29. The molecule has 1 aliphatic carbocycles. The molecule has 1 aromatic rings. The third kappa shape index (κ3) is 3.79. The van der Waals surface area contributed by atoms with E-state index in [0.717, 1.165) is 48.4 Å². The number of benzene rings is 1. The summed E-state index contributed by atoms with van der Waals surface area (Å²) in [5.74, 6) is 0. The second kappa shape index (κ2) is 7.51. The topological polar surface area (TPSA) is 61.8 Å². The van der Waals surface area contributed by atoms with Crippen LogP contribution in [0.1, 0.15) is 36.4 Å². The Morgan fingerprint density at radius 1 is 1.43 bits per heavy atom. The molecule has 1 fully saturated rings. The van der Waals surface area contributed by atoms with E-state index in [-0.39, 0.29) is 24.8 Å². The van der Waals surface area contributed by atoms with Crippen LogP contribution in [0.5, 0.6) is 0 Å². The maximum atomic E-state index is 12.5. The van der Waals surface area contributed by atoms with Gasteiger partial charge in [0.05, 0.1) is 25.4 Å². The molecular weight excluding hydrogens is 316 g/mol. The summed E-state index contributed by atoms with van der Waals surface area (Å²) in [6.45, 7) is 1.68. The Balaban J connectivity index is 1.59. The van der Waals surface area contributed by atoms with Gasteiger partial charge in [-0.15, -0.1) is 0 Å². The molecule has 2 N–H and O–H groups in total. The van der Waals surface area contributed by atoms with Crippen LogP contribution in [0.2, 0.25) is 5.02 Å². The van der Waals surface area contributed by atoms with Crippen LogP contribution >= 0.6 is 11.6 Å². The SMILES string of the molecule is O=C(N[C@@H]1CCc2c(Cl)cccc21)N1CCC[C@H](OCCO)C1. The van der Waals surface area contributed by atoms with Crippen LogP contribution in [0.3, 0.4) is 0 Å².